The number of thioether (sulfide) groups is 1. The van der Waals surface area contributed by atoms with Gasteiger partial charge < -0.3 is 0 Å². The number of aryl methyl sites for hydroxylation is 1. The zero-order chi connectivity index (χ0) is 14.5. The molecule has 3 nitrogen and oxygen atoms in total. The number of hydrogen-bond donors (Lipinski definition) is 0. The molecule has 0 bridgehead atoms. The van der Waals surface area contributed by atoms with Crippen molar-refractivity contribution in [3.05, 3.63) is 40.3 Å². The molecule has 0 aromatic heterocycles. The van der Waals surface area contributed by atoms with Crippen molar-refractivity contribution < 1.29 is 9.59 Å². The average molecular weight is 289 g/mol. The Balaban J connectivity index is 2.14. The van der Waals surface area contributed by atoms with Gasteiger partial charge in [0.25, 0.3) is 11.1 Å². The molecule has 2 rings (SSSR count). The highest BCUT2D eigenvalue weighted by molar-refractivity contribution is 8.18. The fourth-order valence-corrected chi connectivity index (χ4v) is 2.87. The first-order valence-corrected chi connectivity index (χ1v) is 7.81. The maximum absolute atomic E-state index is 12.2. The summed E-state index contributed by atoms with van der Waals surface area (Å²) in [7, 11) is 0. The normalized spacial score (nSPS) is 17.3. The van der Waals surface area contributed by atoms with E-state index in [1.807, 2.05) is 31.2 Å². The molecular formula is C16H19NO2S. The average Bonchev–Trinajstić information content (AvgIpc) is 2.72. The number of carbonyl (C=O) groups excluding carboxylic acids is 2. The van der Waals surface area contributed by atoms with Crippen LogP contribution in [0, 0.1) is 0 Å². The summed E-state index contributed by atoms with van der Waals surface area (Å²) in [6, 6.07) is 8.07. The van der Waals surface area contributed by atoms with Gasteiger partial charge in [0.15, 0.2) is 0 Å². The van der Waals surface area contributed by atoms with E-state index in [0.29, 0.717) is 11.4 Å². The van der Waals surface area contributed by atoms with E-state index < -0.39 is 0 Å². The van der Waals surface area contributed by atoms with Gasteiger partial charge in [-0.3, -0.25) is 14.5 Å². The van der Waals surface area contributed by atoms with Gasteiger partial charge in [0.2, 0.25) is 0 Å². The Kier molecular flexibility index (Phi) is 5.01. The molecule has 1 saturated heterocycles. The third-order valence-corrected chi connectivity index (χ3v) is 4.20. The number of benzene rings is 1. The van der Waals surface area contributed by atoms with Crippen LogP contribution in [-0.2, 0) is 11.2 Å². The molecule has 0 saturated carbocycles. The van der Waals surface area contributed by atoms with Crippen molar-refractivity contribution in [2.24, 2.45) is 0 Å². The van der Waals surface area contributed by atoms with Crippen molar-refractivity contribution in [2.75, 3.05) is 6.54 Å². The van der Waals surface area contributed by atoms with Crippen LogP contribution in [0.25, 0.3) is 6.08 Å². The van der Waals surface area contributed by atoms with Crippen LogP contribution >= 0.6 is 11.8 Å². The molecule has 0 radical (unpaired) electrons. The van der Waals surface area contributed by atoms with Crippen molar-refractivity contribution in [3.63, 3.8) is 0 Å². The largest absolute Gasteiger partial charge is 0.293 e. The van der Waals surface area contributed by atoms with E-state index in [4.69, 9.17) is 0 Å². The lowest BCUT2D eigenvalue weighted by atomic mass is 10.1. The summed E-state index contributed by atoms with van der Waals surface area (Å²) in [5.41, 5.74) is 2.22. The first-order valence-electron chi connectivity index (χ1n) is 7.00. The minimum atomic E-state index is -0.159. The molecule has 2 amide bonds. The first-order chi connectivity index (χ1) is 9.65. The topological polar surface area (TPSA) is 37.4 Å². The molecule has 1 fully saturated rings. The monoisotopic (exact) mass is 289 g/mol. The van der Waals surface area contributed by atoms with Gasteiger partial charge in [-0.1, -0.05) is 44.5 Å². The standard InChI is InChI=1S/C16H19NO2S/c1-3-5-10-17-15(18)14(20-16(17)19)11-13-8-6-12(4-2)7-9-13/h6-9,11H,3-5,10H2,1-2H3. The Bertz CT molecular complexity index is 534. The van der Waals surface area contributed by atoms with E-state index >= 15 is 0 Å². The number of imide groups is 1. The van der Waals surface area contributed by atoms with Gasteiger partial charge in [-0.15, -0.1) is 0 Å². The molecule has 1 aromatic rings. The van der Waals surface area contributed by atoms with Crippen LogP contribution in [0.3, 0.4) is 0 Å². The predicted molar refractivity (Wildman–Crippen MR) is 83.4 cm³/mol. The van der Waals surface area contributed by atoms with Crippen molar-refractivity contribution in [1.82, 2.24) is 4.90 Å². The molecule has 1 aliphatic heterocycles. The zero-order valence-electron chi connectivity index (χ0n) is 11.9. The number of unbranched alkanes of at least 4 members (excludes halogenated alkanes) is 1. The minimum absolute atomic E-state index is 0.153. The van der Waals surface area contributed by atoms with Crippen molar-refractivity contribution >= 4 is 29.0 Å². The quantitative estimate of drug-likeness (QED) is 0.766. The van der Waals surface area contributed by atoms with E-state index in [2.05, 4.69) is 6.92 Å². The van der Waals surface area contributed by atoms with E-state index in [1.165, 1.54) is 10.5 Å². The van der Waals surface area contributed by atoms with Crippen LogP contribution in [0.5, 0.6) is 0 Å². The molecule has 1 heterocycles. The first kappa shape index (κ1) is 14.9. The van der Waals surface area contributed by atoms with E-state index in [0.717, 1.165) is 36.6 Å². The second-order valence-corrected chi connectivity index (χ2v) is 5.78. The van der Waals surface area contributed by atoms with Crippen LogP contribution in [0.2, 0.25) is 0 Å². The maximum Gasteiger partial charge on any atom is 0.293 e. The predicted octanol–water partition coefficient (Wildman–Crippen LogP) is 4.09. The fraction of sp³-hybridized carbons (Fsp3) is 0.375. The molecule has 0 N–H and O–H groups in total. The Hall–Kier alpha value is -1.55. The summed E-state index contributed by atoms with van der Waals surface area (Å²) in [5, 5.41) is -0.153. The van der Waals surface area contributed by atoms with Gasteiger partial charge in [0.1, 0.15) is 0 Å². The molecule has 0 aliphatic carbocycles. The highest BCUT2D eigenvalue weighted by Crippen LogP contribution is 2.32. The molecule has 20 heavy (non-hydrogen) atoms. The molecule has 0 atom stereocenters. The van der Waals surface area contributed by atoms with Crippen LogP contribution < -0.4 is 0 Å². The second kappa shape index (κ2) is 6.75. The molecular weight excluding hydrogens is 270 g/mol. The van der Waals surface area contributed by atoms with Gasteiger partial charge in [-0.25, -0.2) is 0 Å². The smallest absolute Gasteiger partial charge is 0.268 e. The molecule has 1 aliphatic rings. The Morgan fingerprint density at radius 2 is 1.85 bits per heavy atom. The van der Waals surface area contributed by atoms with Crippen LogP contribution in [0.1, 0.15) is 37.8 Å². The van der Waals surface area contributed by atoms with Gasteiger partial charge >= 0.3 is 0 Å². The number of hydrogen-bond acceptors (Lipinski definition) is 3. The fourth-order valence-electron chi connectivity index (χ4n) is 2.01. The number of nitrogens with zero attached hydrogens (tertiary/aromatic N) is 1. The number of amides is 2. The van der Waals surface area contributed by atoms with Crippen molar-refractivity contribution in [3.8, 4) is 0 Å². The van der Waals surface area contributed by atoms with Crippen LogP contribution in [0.15, 0.2) is 29.2 Å². The second-order valence-electron chi connectivity index (χ2n) is 4.78. The number of rotatable bonds is 5. The van der Waals surface area contributed by atoms with Crippen molar-refractivity contribution in [2.45, 2.75) is 33.1 Å². The highest BCUT2D eigenvalue weighted by Gasteiger charge is 2.34. The molecule has 0 spiro atoms. The zero-order valence-corrected chi connectivity index (χ0v) is 12.7. The summed E-state index contributed by atoms with van der Waals surface area (Å²) in [5.74, 6) is -0.159. The minimum Gasteiger partial charge on any atom is -0.268 e. The summed E-state index contributed by atoms with van der Waals surface area (Å²) in [4.78, 5) is 25.9. The third kappa shape index (κ3) is 3.31. The Morgan fingerprint density at radius 1 is 1.15 bits per heavy atom. The van der Waals surface area contributed by atoms with E-state index in [9.17, 15) is 9.59 Å². The molecule has 106 valence electrons. The number of carbonyl (C=O) groups is 2. The molecule has 4 heteroatoms. The highest BCUT2D eigenvalue weighted by atomic mass is 32.2. The summed E-state index contributed by atoms with van der Waals surface area (Å²) < 4.78 is 0. The Labute approximate surface area is 124 Å². The van der Waals surface area contributed by atoms with Gasteiger partial charge in [-0.2, -0.15) is 0 Å². The van der Waals surface area contributed by atoms with Gasteiger partial charge in [0, 0.05) is 6.54 Å². The van der Waals surface area contributed by atoms with E-state index in [-0.39, 0.29) is 11.1 Å². The summed E-state index contributed by atoms with van der Waals surface area (Å²) in [6.07, 6.45) is 4.62. The van der Waals surface area contributed by atoms with Gasteiger partial charge in [-0.05, 0) is 41.8 Å². The third-order valence-electron chi connectivity index (χ3n) is 3.29. The van der Waals surface area contributed by atoms with E-state index in [1.54, 1.807) is 6.08 Å². The van der Waals surface area contributed by atoms with Crippen molar-refractivity contribution in [1.29, 1.82) is 0 Å². The lowest BCUT2D eigenvalue weighted by molar-refractivity contribution is -0.122. The lowest BCUT2D eigenvalue weighted by Crippen LogP contribution is -2.29. The Morgan fingerprint density at radius 3 is 2.45 bits per heavy atom. The summed E-state index contributed by atoms with van der Waals surface area (Å²) >= 11 is 1.04. The lowest BCUT2D eigenvalue weighted by Gasteiger charge is -2.10. The van der Waals surface area contributed by atoms with Gasteiger partial charge in [0.05, 0.1) is 4.91 Å². The summed E-state index contributed by atoms with van der Waals surface area (Å²) in [6.45, 7) is 4.67. The maximum atomic E-state index is 12.2. The molecule has 1 aromatic carbocycles. The SMILES string of the molecule is CCCCN1C(=O)SC(=Cc2ccc(CC)cc2)C1=O. The molecule has 0 unspecified atom stereocenters. The van der Waals surface area contributed by atoms with Crippen LogP contribution in [-0.4, -0.2) is 22.6 Å². The van der Waals surface area contributed by atoms with Crippen LogP contribution in [0.4, 0.5) is 4.79 Å².